The summed E-state index contributed by atoms with van der Waals surface area (Å²) in [6, 6.07) is -0.0846. The summed E-state index contributed by atoms with van der Waals surface area (Å²) >= 11 is 6.23. The SMILES string of the molecule is CCCNC(c1cn[nH]n1)c1c(Cl)cnn1CC. The van der Waals surface area contributed by atoms with Crippen LogP contribution >= 0.6 is 11.6 Å². The molecule has 7 heteroatoms. The summed E-state index contributed by atoms with van der Waals surface area (Å²) in [6.45, 7) is 5.80. The lowest BCUT2D eigenvalue weighted by Gasteiger charge is -2.17. The average Bonchev–Trinajstić information content (AvgIpc) is 3.01. The van der Waals surface area contributed by atoms with E-state index in [2.05, 4.69) is 32.7 Å². The molecule has 2 heterocycles. The van der Waals surface area contributed by atoms with Gasteiger partial charge in [-0.1, -0.05) is 18.5 Å². The number of aromatic nitrogens is 5. The lowest BCUT2D eigenvalue weighted by Crippen LogP contribution is -2.26. The maximum Gasteiger partial charge on any atom is 0.106 e. The lowest BCUT2D eigenvalue weighted by molar-refractivity contribution is 0.521. The van der Waals surface area contributed by atoms with Crippen molar-refractivity contribution in [1.82, 2.24) is 30.5 Å². The Labute approximate surface area is 111 Å². The second kappa shape index (κ2) is 5.97. The van der Waals surface area contributed by atoms with Gasteiger partial charge < -0.3 is 5.32 Å². The normalized spacial score (nSPS) is 12.8. The maximum absolute atomic E-state index is 6.23. The van der Waals surface area contributed by atoms with E-state index in [-0.39, 0.29) is 6.04 Å². The minimum absolute atomic E-state index is 0.0846. The van der Waals surface area contributed by atoms with Crippen molar-refractivity contribution in [3.8, 4) is 0 Å². The van der Waals surface area contributed by atoms with Gasteiger partial charge in [0.25, 0.3) is 0 Å². The van der Waals surface area contributed by atoms with Gasteiger partial charge in [-0.3, -0.25) is 4.68 Å². The standard InChI is InChI=1S/C11H17ClN6/c1-3-5-13-10(9-7-14-17-16-9)11-8(12)6-15-18(11)4-2/h6-7,10,13H,3-5H2,1-2H3,(H,14,16,17). The Morgan fingerprint density at radius 2 is 2.28 bits per heavy atom. The minimum Gasteiger partial charge on any atom is -0.304 e. The Balaban J connectivity index is 2.36. The quantitative estimate of drug-likeness (QED) is 0.838. The van der Waals surface area contributed by atoms with E-state index in [1.807, 2.05) is 11.6 Å². The van der Waals surface area contributed by atoms with Crippen LogP contribution in [0.15, 0.2) is 12.4 Å². The van der Waals surface area contributed by atoms with Crippen molar-refractivity contribution in [2.75, 3.05) is 6.54 Å². The van der Waals surface area contributed by atoms with E-state index in [0.717, 1.165) is 30.9 Å². The van der Waals surface area contributed by atoms with Crippen LogP contribution in [0.25, 0.3) is 0 Å². The lowest BCUT2D eigenvalue weighted by atomic mass is 10.1. The van der Waals surface area contributed by atoms with Crippen LogP contribution in [-0.4, -0.2) is 31.7 Å². The van der Waals surface area contributed by atoms with Gasteiger partial charge in [-0.05, 0) is 19.9 Å². The van der Waals surface area contributed by atoms with Gasteiger partial charge in [0, 0.05) is 6.54 Å². The van der Waals surface area contributed by atoms with Crippen LogP contribution in [0.1, 0.15) is 37.7 Å². The number of aryl methyl sites for hydroxylation is 1. The Morgan fingerprint density at radius 3 is 2.89 bits per heavy atom. The molecule has 1 unspecified atom stereocenters. The van der Waals surface area contributed by atoms with E-state index < -0.39 is 0 Å². The molecule has 0 aliphatic heterocycles. The van der Waals surface area contributed by atoms with Crippen molar-refractivity contribution < 1.29 is 0 Å². The zero-order valence-electron chi connectivity index (χ0n) is 10.5. The summed E-state index contributed by atoms with van der Waals surface area (Å²) in [5, 5.41) is 19.0. The number of halogens is 1. The van der Waals surface area contributed by atoms with Crippen LogP contribution in [0.4, 0.5) is 0 Å². The van der Waals surface area contributed by atoms with Crippen molar-refractivity contribution >= 4 is 11.6 Å². The third kappa shape index (κ3) is 2.54. The molecule has 0 aliphatic carbocycles. The third-order valence-electron chi connectivity index (χ3n) is 2.73. The summed E-state index contributed by atoms with van der Waals surface area (Å²) in [5.41, 5.74) is 1.75. The minimum atomic E-state index is -0.0846. The molecule has 98 valence electrons. The van der Waals surface area contributed by atoms with Gasteiger partial charge in [0.2, 0.25) is 0 Å². The third-order valence-corrected chi connectivity index (χ3v) is 3.03. The molecule has 0 saturated heterocycles. The summed E-state index contributed by atoms with van der Waals surface area (Å²) in [7, 11) is 0. The predicted molar refractivity (Wildman–Crippen MR) is 69.4 cm³/mol. The molecule has 0 amide bonds. The molecule has 2 rings (SSSR count). The number of hydrogen-bond donors (Lipinski definition) is 2. The maximum atomic E-state index is 6.23. The monoisotopic (exact) mass is 268 g/mol. The summed E-state index contributed by atoms with van der Waals surface area (Å²) in [5.74, 6) is 0. The fraction of sp³-hybridized carbons (Fsp3) is 0.545. The smallest absolute Gasteiger partial charge is 0.106 e. The molecule has 2 N–H and O–H groups in total. The van der Waals surface area contributed by atoms with Crippen molar-refractivity contribution in [3.63, 3.8) is 0 Å². The van der Waals surface area contributed by atoms with Crippen molar-refractivity contribution in [1.29, 1.82) is 0 Å². The number of rotatable bonds is 6. The van der Waals surface area contributed by atoms with Crippen LogP contribution in [0.2, 0.25) is 5.02 Å². The largest absolute Gasteiger partial charge is 0.304 e. The van der Waals surface area contributed by atoms with Crippen LogP contribution in [-0.2, 0) is 6.54 Å². The molecule has 0 radical (unpaired) electrons. The molecule has 0 bridgehead atoms. The first-order valence-corrected chi connectivity index (χ1v) is 6.46. The summed E-state index contributed by atoms with van der Waals surface area (Å²) in [4.78, 5) is 0. The number of nitrogens with zero attached hydrogens (tertiary/aromatic N) is 4. The van der Waals surface area contributed by atoms with Crippen molar-refractivity contribution in [2.24, 2.45) is 0 Å². The molecule has 0 aliphatic rings. The molecule has 0 fully saturated rings. The first-order chi connectivity index (χ1) is 8.77. The molecule has 2 aromatic heterocycles. The Kier molecular flexibility index (Phi) is 4.33. The van der Waals surface area contributed by atoms with Gasteiger partial charge >= 0.3 is 0 Å². The number of hydrogen-bond acceptors (Lipinski definition) is 4. The first kappa shape index (κ1) is 13.0. The van der Waals surface area contributed by atoms with Crippen LogP contribution in [0, 0.1) is 0 Å². The number of nitrogens with one attached hydrogen (secondary N) is 2. The van der Waals surface area contributed by atoms with Gasteiger partial charge in [0.15, 0.2) is 0 Å². The number of aromatic amines is 1. The van der Waals surface area contributed by atoms with E-state index in [1.54, 1.807) is 12.4 Å². The Morgan fingerprint density at radius 1 is 1.44 bits per heavy atom. The topological polar surface area (TPSA) is 71.4 Å². The predicted octanol–water partition coefficient (Wildman–Crippen LogP) is 1.76. The van der Waals surface area contributed by atoms with Gasteiger partial charge in [-0.15, -0.1) is 0 Å². The van der Waals surface area contributed by atoms with Crippen LogP contribution in [0.3, 0.4) is 0 Å². The second-order valence-electron chi connectivity index (χ2n) is 3.98. The fourth-order valence-electron chi connectivity index (χ4n) is 1.89. The zero-order valence-corrected chi connectivity index (χ0v) is 11.3. The van der Waals surface area contributed by atoms with E-state index in [4.69, 9.17) is 11.6 Å². The second-order valence-corrected chi connectivity index (χ2v) is 4.38. The molecule has 0 saturated carbocycles. The molecule has 1 atom stereocenters. The highest BCUT2D eigenvalue weighted by Crippen LogP contribution is 2.26. The highest BCUT2D eigenvalue weighted by Gasteiger charge is 2.23. The highest BCUT2D eigenvalue weighted by molar-refractivity contribution is 6.31. The molecular formula is C11H17ClN6. The van der Waals surface area contributed by atoms with Gasteiger partial charge in [0.1, 0.15) is 5.69 Å². The first-order valence-electron chi connectivity index (χ1n) is 6.08. The highest BCUT2D eigenvalue weighted by atomic mass is 35.5. The summed E-state index contributed by atoms with van der Waals surface area (Å²) < 4.78 is 1.88. The van der Waals surface area contributed by atoms with Crippen LogP contribution in [0.5, 0.6) is 0 Å². The molecule has 6 nitrogen and oxygen atoms in total. The molecule has 2 aromatic rings. The van der Waals surface area contributed by atoms with Crippen LogP contribution < -0.4 is 5.32 Å². The van der Waals surface area contributed by atoms with E-state index in [0.29, 0.717) is 5.02 Å². The van der Waals surface area contributed by atoms with Crippen molar-refractivity contribution in [2.45, 2.75) is 32.9 Å². The number of H-pyrrole nitrogens is 1. The molecule has 18 heavy (non-hydrogen) atoms. The molecule has 0 aromatic carbocycles. The average molecular weight is 269 g/mol. The molecule has 0 spiro atoms. The zero-order chi connectivity index (χ0) is 13.0. The van der Waals surface area contributed by atoms with E-state index >= 15 is 0 Å². The van der Waals surface area contributed by atoms with Gasteiger partial charge in [-0.25, -0.2) is 0 Å². The van der Waals surface area contributed by atoms with E-state index in [1.165, 1.54) is 0 Å². The van der Waals surface area contributed by atoms with E-state index in [9.17, 15) is 0 Å². The van der Waals surface area contributed by atoms with Crippen molar-refractivity contribution in [3.05, 3.63) is 28.8 Å². The van der Waals surface area contributed by atoms with Gasteiger partial charge in [0.05, 0.1) is 29.2 Å². The summed E-state index contributed by atoms with van der Waals surface area (Å²) in [6.07, 6.45) is 4.41. The fourth-order valence-corrected chi connectivity index (χ4v) is 2.14. The Hall–Kier alpha value is -1.40. The molecular weight excluding hydrogens is 252 g/mol. The Bertz CT molecular complexity index is 478. The van der Waals surface area contributed by atoms with Gasteiger partial charge in [-0.2, -0.15) is 20.5 Å².